The number of carbonyl (C=O) groups excluding carboxylic acids is 3. The molecule has 0 spiro atoms. The van der Waals surface area contributed by atoms with E-state index in [1.807, 2.05) is 6.92 Å². The number of benzene rings is 1. The molecule has 29 heavy (non-hydrogen) atoms. The zero-order valence-corrected chi connectivity index (χ0v) is 17.6. The molecule has 0 aromatic heterocycles. The molecule has 0 saturated carbocycles. The van der Waals surface area contributed by atoms with Crippen LogP contribution in [0.3, 0.4) is 0 Å². The van der Waals surface area contributed by atoms with Gasteiger partial charge >= 0.3 is 5.97 Å². The first-order chi connectivity index (χ1) is 13.6. The number of hydrogen-bond donors (Lipinski definition) is 0. The molecule has 1 saturated heterocycles. The van der Waals surface area contributed by atoms with Crippen LogP contribution in [0.4, 0.5) is 4.79 Å². The first-order valence-electron chi connectivity index (χ1n) is 8.95. The van der Waals surface area contributed by atoms with Crippen LogP contribution in [0.25, 0.3) is 6.08 Å². The second kappa shape index (κ2) is 9.52. The third-order valence-corrected chi connectivity index (χ3v) is 4.36. The predicted octanol–water partition coefficient (Wildman–Crippen LogP) is 3.48. The number of thioether (sulfide) groups is 1. The van der Waals surface area contributed by atoms with E-state index in [0.717, 1.165) is 16.7 Å². The number of ether oxygens (including phenoxy) is 3. The Labute approximate surface area is 174 Å². The number of hydrogen-bond acceptors (Lipinski definition) is 7. The van der Waals surface area contributed by atoms with Crippen LogP contribution in [-0.2, 0) is 14.3 Å². The van der Waals surface area contributed by atoms with Gasteiger partial charge in [0.25, 0.3) is 11.1 Å². The fourth-order valence-corrected chi connectivity index (χ4v) is 3.25. The van der Waals surface area contributed by atoms with Gasteiger partial charge in [-0.05, 0) is 63.2 Å². The summed E-state index contributed by atoms with van der Waals surface area (Å²) >= 11 is 0.766. The molecule has 1 aromatic carbocycles. The molecule has 1 fully saturated rings. The molecule has 1 heterocycles. The molecule has 154 valence electrons. The van der Waals surface area contributed by atoms with Gasteiger partial charge in [0, 0.05) is 0 Å². The smallest absolute Gasteiger partial charge is 0.326 e. The van der Waals surface area contributed by atoms with Crippen molar-refractivity contribution in [2.24, 2.45) is 0 Å². The Morgan fingerprint density at radius 3 is 2.59 bits per heavy atom. The summed E-state index contributed by atoms with van der Waals surface area (Å²) in [6.45, 7) is 7.07. The SMILES string of the molecule is C#CCOc1ccc(/C=C2/SC(=O)N(CC(=O)OC(C)(C)C)C2=O)cc1OCC. The lowest BCUT2D eigenvalue weighted by molar-refractivity contribution is -0.156. The largest absolute Gasteiger partial charge is 0.490 e. The van der Waals surface area contributed by atoms with Crippen LogP contribution in [0, 0.1) is 12.3 Å². The minimum absolute atomic E-state index is 0.100. The van der Waals surface area contributed by atoms with Crippen molar-refractivity contribution in [1.82, 2.24) is 4.90 Å². The number of nitrogens with zero attached hydrogens (tertiary/aromatic N) is 1. The predicted molar refractivity (Wildman–Crippen MR) is 110 cm³/mol. The van der Waals surface area contributed by atoms with Crippen LogP contribution < -0.4 is 9.47 Å². The molecule has 1 aromatic rings. The fourth-order valence-electron chi connectivity index (χ4n) is 2.41. The number of esters is 1. The summed E-state index contributed by atoms with van der Waals surface area (Å²) in [5.41, 5.74) is -0.0579. The Bertz CT molecular complexity index is 878. The fraction of sp³-hybridized carbons (Fsp3) is 0.381. The van der Waals surface area contributed by atoms with E-state index >= 15 is 0 Å². The van der Waals surface area contributed by atoms with Gasteiger partial charge < -0.3 is 14.2 Å². The van der Waals surface area contributed by atoms with Crippen molar-refractivity contribution < 1.29 is 28.6 Å². The Balaban J connectivity index is 2.19. The first-order valence-corrected chi connectivity index (χ1v) is 9.76. The van der Waals surface area contributed by atoms with E-state index in [2.05, 4.69) is 5.92 Å². The zero-order chi connectivity index (χ0) is 21.6. The van der Waals surface area contributed by atoms with Gasteiger partial charge in [-0.3, -0.25) is 19.3 Å². The second-order valence-corrected chi connectivity index (χ2v) is 7.98. The lowest BCUT2D eigenvalue weighted by atomic mass is 10.2. The second-order valence-electron chi connectivity index (χ2n) is 6.99. The molecular formula is C21H23NO6S. The summed E-state index contributed by atoms with van der Waals surface area (Å²) in [6.07, 6.45) is 6.78. The highest BCUT2D eigenvalue weighted by atomic mass is 32.2. The van der Waals surface area contributed by atoms with Gasteiger partial charge in [0.15, 0.2) is 11.5 Å². The van der Waals surface area contributed by atoms with E-state index in [1.54, 1.807) is 45.0 Å². The molecule has 8 heteroatoms. The standard InChI is InChI=1S/C21H23NO6S/c1-6-10-27-15-9-8-14(11-16(15)26-7-2)12-17-19(24)22(20(25)29-17)13-18(23)28-21(3,4)5/h1,8-9,11-12H,7,10,13H2,2-5H3/b17-12+. The summed E-state index contributed by atoms with van der Waals surface area (Å²) in [4.78, 5) is 37.8. The normalized spacial score (nSPS) is 15.4. The number of terminal acetylenes is 1. The number of amides is 2. The van der Waals surface area contributed by atoms with Gasteiger partial charge in [0.2, 0.25) is 0 Å². The Morgan fingerprint density at radius 2 is 1.97 bits per heavy atom. The van der Waals surface area contributed by atoms with E-state index in [9.17, 15) is 14.4 Å². The molecule has 0 unspecified atom stereocenters. The Hall–Kier alpha value is -2.92. The molecule has 0 radical (unpaired) electrons. The van der Waals surface area contributed by atoms with E-state index in [-0.39, 0.29) is 11.5 Å². The highest BCUT2D eigenvalue weighted by Crippen LogP contribution is 2.34. The molecule has 7 nitrogen and oxygen atoms in total. The lowest BCUT2D eigenvalue weighted by Crippen LogP contribution is -2.37. The van der Waals surface area contributed by atoms with Crippen molar-refractivity contribution in [2.75, 3.05) is 19.8 Å². The number of rotatable bonds is 7. The first kappa shape index (κ1) is 22.4. The maximum absolute atomic E-state index is 12.6. The van der Waals surface area contributed by atoms with Crippen molar-refractivity contribution in [3.8, 4) is 23.8 Å². The third-order valence-electron chi connectivity index (χ3n) is 3.46. The molecule has 2 amide bonds. The lowest BCUT2D eigenvalue weighted by Gasteiger charge is -2.21. The van der Waals surface area contributed by atoms with Gasteiger partial charge in [-0.1, -0.05) is 12.0 Å². The van der Waals surface area contributed by atoms with Crippen LogP contribution in [0.1, 0.15) is 33.3 Å². The van der Waals surface area contributed by atoms with E-state index in [4.69, 9.17) is 20.6 Å². The number of imide groups is 1. The van der Waals surface area contributed by atoms with E-state index in [1.165, 1.54) is 0 Å². The minimum Gasteiger partial charge on any atom is -0.490 e. The highest BCUT2D eigenvalue weighted by Gasteiger charge is 2.37. The monoisotopic (exact) mass is 417 g/mol. The molecule has 0 atom stereocenters. The molecule has 0 N–H and O–H groups in total. The molecule has 0 bridgehead atoms. The number of carbonyl (C=O) groups is 3. The molecule has 2 rings (SSSR count). The molecule has 0 aliphatic carbocycles. The molecule has 1 aliphatic rings. The van der Waals surface area contributed by atoms with Crippen molar-refractivity contribution in [2.45, 2.75) is 33.3 Å². The van der Waals surface area contributed by atoms with Crippen LogP contribution >= 0.6 is 11.8 Å². The maximum Gasteiger partial charge on any atom is 0.326 e. The molecular weight excluding hydrogens is 394 g/mol. The summed E-state index contributed by atoms with van der Waals surface area (Å²) in [6, 6.07) is 5.09. The van der Waals surface area contributed by atoms with Crippen LogP contribution in [0.15, 0.2) is 23.1 Å². The van der Waals surface area contributed by atoms with Crippen molar-refractivity contribution >= 4 is 35.0 Å². The highest BCUT2D eigenvalue weighted by molar-refractivity contribution is 8.18. The van der Waals surface area contributed by atoms with Crippen molar-refractivity contribution in [3.63, 3.8) is 0 Å². The van der Waals surface area contributed by atoms with Crippen molar-refractivity contribution in [3.05, 3.63) is 28.7 Å². The zero-order valence-electron chi connectivity index (χ0n) is 16.8. The van der Waals surface area contributed by atoms with Gasteiger partial charge in [0.1, 0.15) is 18.8 Å². The van der Waals surface area contributed by atoms with E-state index in [0.29, 0.717) is 23.7 Å². The summed E-state index contributed by atoms with van der Waals surface area (Å²) in [5.74, 6) is 2.16. The summed E-state index contributed by atoms with van der Waals surface area (Å²) < 4.78 is 16.2. The summed E-state index contributed by atoms with van der Waals surface area (Å²) in [5, 5.41) is -0.522. The topological polar surface area (TPSA) is 82.1 Å². The third kappa shape index (κ3) is 6.29. The van der Waals surface area contributed by atoms with Gasteiger partial charge in [-0.15, -0.1) is 6.42 Å². The van der Waals surface area contributed by atoms with Gasteiger partial charge in [0.05, 0.1) is 11.5 Å². The van der Waals surface area contributed by atoms with Gasteiger partial charge in [-0.2, -0.15) is 0 Å². The van der Waals surface area contributed by atoms with Crippen LogP contribution in [-0.4, -0.2) is 47.4 Å². The Morgan fingerprint density at radius 1 is 1.24 bits per heavy atom. The van der Waals surface area contributed by atoms with Crippen LogP contribution in [0.5, 0.6) is 11.5 Å². The summed E-state index contributed by atoms with van der Waals surface area (Å²) in [7, 11) is 0. The maximum atomic E-state index is 12.6. The average molecular weight is 417 g/mol. The van der Waals surface area contributed by atoms with Gasteiger partial charge in [-0.25, -0.2) is 0 Å². The Kier molecular flexibility index (Phi) is 7.35. The van der Waals surface area contributed by atoms with Crippen molar-refractivity contribution in [1.29, 1.82) is 0 Å². The average Bonchev–Trinajstić information content (AvgIpc) is 2.87. The quantitative estimate of drug-likeness (QED) is 0.382. The van der Waals surface area contributed by atoms with E-state index < -0.39 is 29.3 Å². The minimum atomic E-state index is -0.701. The van der Waals surface area contributed by atoms with Crippen LogP contribution in [0.2, 0.25) is 0 Å². The molecule has 1 aliphatic heterocycles.